The molecule has 2 aliphatic heterocycles. The minimum absolute atomic E-state index is 0.119. The first-order chi connectivity index (χ1) is 15.4. The highest BCUT2D eigenvalue weighted by Gasteiger charge is 2.60. The van der Waals surface area contributed by atoms with Gasteiger partial charge in [0.15, 0.2) is 0 Å². The van der Waals surface area contributed by atoms with Gasteiger partial charge in [0.25, 0.3) is 12.0 Å². The number of carbonyl (C=O) groups is 2. The Labute approximate surface area is 184 Å². The number of amides is 2. The molecule has 1 aromatic heterocycles. The maximum Gasteiger partial charge on any atom is 0.434 e. The number of ether oxygens (including phenoxy) is 1. The van der Waals surface area contributed by atoms with Gasteiger partial charge < -0.3 is 19.0 Å². The van der Waals surface area contributed by atoms with Crippen LogP contribution in [0.4, 0.5) is 31.1 Å². The molecule has 0 radical (unpaired) electrons. The SMILES string of the molecule is O=C(OC(C(F)(F)F)C(F)(F)F)N1CCC2(CCCN2C(=O)c2ccc3occc3c2)CC1. The molecule has 2 amide bonds. The van der Waals surface area contributed by atoms with Crippen molar-refractivity contribution in [1.29, 1.82) is 0 Å². The van der Waals surface area contributed by atoms with Crippen molar-refractivity contribution in [3.63, 3.8) is 0 Å². The average molecular weight is 478 g/mol. The lowest BCUT2D eigenvalue weighted by Crippen LogP contribution is -2.56. The number of nitrogens with zero attached hydrogens (tertiary/aromatic N) is 2. The van der Waals surface area contributed by atoms with Gasteiger partial charge in [0.2, 0.25) is 0 Å². The largest absolute Gasteiger partial charge is 0.464 e. The number of hydrogen-bond acceptors (Lipinski definition) is 4. The van der Waals surface area contributed by atoms with Crippen LogP contribution in [0.25, 0.3) is 11.0 Å². The summed E-state index contributed by atoms with van der Waals surface area (Å²) in [7, 11) is 0. The fourth-order valence-electron chi connectivity index (χ4n) is 4.63. The monoisotopic (exact) mass is 478 g/mol. The van der Waals surface area contributed by atoms with E-state index in [0.717, 1.165) is 10.3 Å². The van der Waals surface area contributed by atoms with Crippen LogP contribution in [0.1, 0.15) is 36.0 Å². The smallest absolute Gasteiger partial charge is 0.434 e. The zero-order chi connectivity index (χ0) is 24.0. The van der Waals surface area contributed by atoms with E-state index in [1.54, 1.807) is 29.2 Å². The predicted octanol–water partition coefficient (Wildman–Crippen LogP) is 5.13. The van der Waals surface area contributed by atoms with Crippen LogP contribution >= 0.6 is 0 Å². The number of piperidine rings is 1. The van der Waals surface area contributed by atoms with Crippen LogP contribution in [-0.2, 0) is 4.74 Å². The summed E-state index contributed by atoms with van der Waals surface area (Å²) in [6, 6.07) is 6.75. The Morgan fingerprint density at radius 3 is 2.27 bits per heavy atom. The predicted molar refractivity (Wildman–Crippen MR) is 102 cm³/mol. The lowest BCUT2D eigenvalue weighted by atomic mass is 9.84. The third kappa shape index (κ3) is 4.47. The molecule has 1 spiro atoms. The molecule has 0 atom stereocenters. The molecule has 2 saturated heterocycles. The summed E-state index contributed by atoms with van der Waals surface area (Å²) in [6.45, 7) is 0.231. The van der Waals surface area contributed by atoms with Gasteiger partial charge in [-0.25, -0.2) is 4.79 Å². The molecule has 0 N–H and O–H groups in total. The lowest BCUT2D eigenvalue weighted by molar-refractivity contribution is -0.308. The number of furan rings is 1. The zero-order valence-electron chi connectivity index (χ0n) is 17.2. The van der Waals surface area contributed by atoms with Gasteiger partial charge in [-0.3, -0.25) is 4.79 Å². The fraction of sp³-hybridized carbons (Fsp3) is 0.524. The number of rotatable bonds is 2. The molecule has 0 aliphatic carbocycles. The Hall–Kier alpha value is -2.92. The van der Waals surface area contributed by atoms with Gasteiger partial charge in [-0.1, -0.05) is 0 Å². The summed E-state index contributed by atoms with van der Waals surface area (Å²) >= 11 is 0. The standard InChI is InChI=1S/C21H20F6N2O4/c22-20(23,24)17(21(25,26)27)33-18(31)28-9-6-19(7-10-28)5-1-8-29(19)16(30)14-2-3-15-13(12-14)4-11-32-15/h2-4,11-12,17H,1,5-10H2. The Kier molecular flexibility index (Phi) is 5.73. The molecule has 33 heavy (non-hydrogen) atoms. The summed E-state index contributed by atoms with van der Waals surface area (Å²) in [5.41, 5.74) is 0.461. The first-order valence-corrected chi connectivity index (χ1v) is 10.3. The molecule has 12 heteroatoms. The van der Waals surface area contributed by atoms with E-state index in [1.165, 1.54) is 6.26 Å². The van der Waals surface area contributed by atoms with E-state index in [0.29, 0.717) is 30.5 Å². The molecule has 2 aromatic rings. The minimum atomic E-state index is -5.77. The lowest BCUT2D eigenvalue weighted by Gasteiger charge is -2.44. The van der Waals surface area contributed by atoms with E-state index in [1.807, 2.05) is 0 Å². The summed E-state index contributed by atoms with van der Waals surface area (Å²) in [5.74, 6) is -0.221. The van der Waals surface area contributed by atoms with Gasteiger partial charge in [0.05, 0.1) is 6.26 Å². The van der Waals surface area contributed by atoms with Crippen molar-refractivity contribution in [2.24, 2.45) is 0 Å². The zero-order valence-corrected chi connectivity index (χ0v) is 17.2. The van der Waals surface area contributed by atoms with Crippen molar-refractivity contribution >= 4 is 23.0 Å². The second-order valence-electron chi connectivity index (χ2n) is 8.29. The number of alkyl halides is 6. The second kappa shape index (κ2) is 8.14. The Morgan fingerprint density at radius 2 is 1.64 bits per heavy atom. The molecule has 0 saturated carbocycles. The van der Waals surface area contributed by atoms with Crippen LogP contribution in [0.5, 0.6) is 0 Å². The summed E-state index contributed by atoms with van der Waals surface area (Å²) in [6.07, 6.45) is -14.1. The summed E-state index contributed by atoms with van der Waals surface area (Å²) in [5, 5.41) is 0.760. The maximum absolute atomic E-state index is 13.2. The van der Waals surface area contributed by atoms with E-state index < -0.39 is 30.1 Å². The molecule has 2 fully saturated rings. The van der Waals surface area contributed by atoms with Crippen LogP contribution < -0.4 is 0 Å². The summed E-state index contributed by atoms with van der Waals surface area (Å²) in [4.78, 5) is 27.8. The second-order valence-corrected chi connectivity index (χ2v) is 8.29. The molecule has 0 unspecified atom stereocenters. The van der Waals surface area contributed by atoms with Crippen LogP contribution in [-0.4, -0.2) is 65.4 Å². The van der Waals surface area contributed by atoms with Crippen LogP contribution in [0.3, 0.4) is 0 Å². The highest BCUT2D eigenvalue weighted by molar-refractivity contribution is 5.98. The molecule has 4 rings (SSSR count). The van der Waals surface area contributed by atoms with Gasteiger partial charge >= 0.3 is 18.4 Å². The highest BCUT2D eigenvalue weighted by Crippen LogP contribution is 2.41. The topological polar surface area (TPSA) is 63.0 Å². The van der Waals surface area contributed by atoms with E-state index in [9.17, 15) is 35.9 Å². The first-order valence-electron chi connectivity index (χ1n) is 10.3. The first kappa shape index (κ1) is 23.2. The number of likely N-dealkylation sites (tertiary alicyclic amines) is 2. The molecular formula is C21H20F6N2O4. The van der Waals surface area contributed by atoms with Crippen molar-refractivity contribution < 1.29 is 45.1 Å². The quantitative estimate of drug-likeness (QED) is 0.562. The Morgan fingerprint density at radius 1 is 0.970 bits per heavy atom. The van der Waals surface area contributed by atoms with E-state index >= 15 is 0 Å². The maximum atomic E-state index is 13.2. The average Bonchev–Trinajstić information content (AvgIpc) is 3.36. The fourth-order valence-corrected chi connectivity index (χ4v) is 4.63. The highest BCUT2D eigenvalue weighted by atomic mass is 19.4. The number of fused-ring (bicyclic) bond motifs is 1. The van der Waals surface area contributed by atoms with Crippen LogP contribution in [0.15, 0.2) is 34.9 Å². The van der Waals surface area contributed by atoms with Crippen molar-refractivity contribution in [3.8, 4) is 0 Å². The van der Waals surface area contributed by atoms with Crippen molar-refractivity contribution in [1.82, 2.24) is 9.80 Å². The number of carbonyl (C=O) groups excluding carboxylic acids is 2. The van der Waals surface area contributed by atoms with Crippen LogP contribution in [0, 0.1) is 0 Å². The molecule has 1 aromatic carbocycles. The van der Waals surface area contributed by atoms with Crippen LogP contribution in [0.2, 0.25) is 0 Å². The van der Waals surface area contributed by atoms with Gasteiger partial charge in [-0.2, -0.15) is 26.3 Å². The van der Waals surface area contributed by atoms with Crippen molar-refractivity contribution in [2.45, 2.75) is 49.7 Å². The van der Waals surface area contributed by atoms with Gasteiger partial charge in [-0.15, -0.1) is 0 Å². The van der Waals surface area contributed by atoms with E-state index in [4.69, 9.17) is 4.42 Å². The normalized spacial score (nSPS) is 19.0. The van der Waals surface area contributed by atoms with Gasteiger partial charge in [-0.05, 0) is 49.9 Å². The molecule has 0 bridgehead atoms. The molecule has 2 aliphatic rings. The third-order valence-electron chi connectivity index (χ3n) is 6.31. The Balaban J connectivity index is 1.44. The minimum Gasteiger partial charge on any atom is -0.464 e. The molecule has 6 nitrogen and oxygen atoms in total. The molecule has 3 heterocycles. The number of benzene rings is 1. The third-order valence-corrected chi connectivity index (χ3v) is 6.31. The van der Waals surface area contributed by atoms with E-state index in [-0.39, 0.29) is 31.8 Å². The van der Waals surface area contributed by atoms with Gasteiger partial charge in [0.1, 0.15) is 5.58 Å². The Bertz CT molecular complexity index is 1030. The van der Waals surface area contributed by atoms with Gasteiger partial charge in [0, 0.05) is 36.1 Å². The van der Waals surface area contributed by atoms with E-state index in [2.05, 4.69) is 4.74 Å². The van der Waals surface area contributed by atoms with Crippen molar-refractivity contribution in [2.75, 3.05) is 19.6 Å². The van der Waals surface area contributed by atoms with Crippen molar-refractivity contribution in [3.05, 3.63) is 36.1 Å². The number of halogens is 6. The summed E-state index contributed by atoms with van der Waals surface area (Å²) < 4.78 is 85.2. The number of hydrogen-bond donors (Lipinski definition) is 0. The molecular weight excluding hydrogens is 458 g/mol. The molecule has 180 valence electrons.